The molecule has 2 amide bonds. The van der Waals surface area contributed by atoms with Crippen LogP contribution in [0, 0.1) is 0 Å². The molecule has 33 heavy (non-hydrogen) atoms. The summed E-state index contributed by atoms with van der Waals surface area (Å²) in [5, 5.41) is 15.6. The molecule has 0 atom stereocenters. The second kappa shape index (κ2) is 12.3. The number of aromatic hydroxyl groups is 1. The van der Waals surface area contributed by atoms with E-state index in [1.807, 2.05) is 0 Å². The highest BCUT2D eigenvalue weighted by atomic mass is 35.5. The van der Waals surface area contributed by atoms with Crippen LogP contribution in [0.2, 0.25) is 15.1 Å². The van der Waals surface area contributed by atoms with Crippen LogP contribution < -0.4 is 15.4 Å². The molecular formula is C19H22Cl4N4O5S. The molecule has 0 bridgehead atoms. The Balaban J connectivity index is 0.00000385. The molecule has 1 fully saturated rings. The molecule has 0 unspecified atom stereocenters. The van der Waals surface area contributed by atoms with Crippen molar-refractivity contribution in [2.75, 3.05) is 50.0 Å². The van der Waals surface area contributed by atoms with E-state index >= 15 is 0 Å². The van der Waals surface area contributed by atoms with Crippen molar-refractivity contribution in [3.8, 4) is 5.75 Å². The number of nitrogens with one attached hydrogen (secondary N) is 3. The first kappa shape index (κ1) is 27.7. The summed E-state index contributed by atoms with van der Waals surface area (Å²) < 4.78 is 33.2. The van der Waals surface area contributed by atoms with E-state index in [1.54, 1.807) is 12.1 Å². The first-order valence-electron chi connectivity index (χ1n) is 9.52. The summed E-state index contributed by atoms with van der Waals surface area (Å²) in [4.78, 5) is 13.9. The van der Waals surface area contributed by atoms with Gasteiger partial charge in [-0.15, -0.1) is 12.4 Å². The lowest BCUT2D eigenvalue weighted by molar-refractivity contribution is 0.0390. The van der Waals surface area contributed by atoms with Gasteiger partial charge < -0.3 is 20.5 Å². The van der Waals surface area contributed by atoms with E-state index in [1.165, 1.54) is 18.2 Å². The molecule has 2 aromatic carbocycles. The Labute approximate surface area is 212 Å². The van der Waals surface area contributed by atoms with E-state index in [0.717, 1.165) is 0 Å². The molecule has 14 heteroatoms. The molecular weight excluding hydrogens is 538 g/mol. The van der Waals surface area contributed by atoms with Crippen LogP contribution in [0.4, 0.5) is 16.2 Å². The van der Waals surface area contributed by atoms with E-state index in [9.17, 15) is 18.3 Å². The van der Waals surface area contributed by atoms with Crippen molar-refractivity contribution in [1.29, 1.82) is 0 Å². The summed E-state index contributed by atoms with van der Waals surface area (Å²) in [7, 11) is -4.15. The standard InChI is InChI=1S/C19H21Cl3N4O5S.ClH/c20-12-2-1-3-14(16(12)22)24-19(28)25-15-5-4-13(21)18(17(15)27)32(29,30)23-6-7-26-8-10-31-11-9-26;/h1-5,23,27H,6-11H2,(H2,24,25,28);1H. The Morgan fingerprint density at radius 3 is 2.39 bits per heavy atom. The van der Waals surface area contributed by atoms with Crippen LogP contribution in [0.15, 0.2) is 35.2 Å². The number of phenols is 1. The van der Waals surface area contributed by atoms with Gasteiger partial charge in [-0.05, 0) is 24.3 Å². The van der Waals surface area contributed by atoms with Gasteiger partial charge in [0.25, 0.3) is 0 Å². The maximum Gasteiger partial charge on any atom is 0.323 e. The number of nitrogens with zero attached hydrogens (tertiary/aromatic N) is 1. The molecule has 1 saturated heterocycles. The largest absolute Gasteiger partial charge is 0.504 e. The maximum atomic E-state index is 12.8. The van der Waals surface area contributed by atoms with Crippen molar-refractivity contribution < 1.29 is 23.1 Å². The number of amides is 2. The van der Waals surface area contributed by atoms with Gasteiger partial charge in [-0.1, -0.05) is 40.9 Å². The fourth-order valence-corrected chi connectivity index (χ4v) is 5.01. The van der Waals surface area contributed by atoms with Crippen LogP contribution in [0.25, 0.3) is 0 Å². The molecule has 182 valence electrons. The molecule has 0 aromatic heterocycles. The number of hydrogen-bond donors (Lipinski definition) is 4. The van der Waals surface area contributed by atoms with Gasteiger partial charge in [0.05, 0.1) is 39.7 Å². The highest BCUT2D eigenvalue weighted by Crippen LogP contribution is 2.37. The average Bonchev–Trinajstić information content (AvgIpc) is 2.74. The third-order valence-electron chi connectivity index (χ3n) is 4.62. The van der Waals surface area contributed by atoms with Gasteiger partial charge in [-0.2, -0.15) is 0 Å². The minimum Gasteiger partial charge on any atom is -0.504 e. The Hall–Kier alpha value is -1.50. The molecule has 0 spiro atoms. The Kier molecular flexibility index (Phi) is 10.3. The van der Waals surface area contributed by atoms with Crippen molar-refractivity contribution in [1.82, 2.24) is 9.62 Å². The number of phenolic OH excluding ortho intramolecular Hbond substituents is 1. The fraction of sp³-hybridized carbons (Fsp3) is 0.316. The maximum absolute atomic E-state index is 12.8. The topological polar surface area (TPSA) is 120 Å². The smallest absolute Gasteiger partial charge is 0.323 e. The van der Waals surface area contributed by atoms with Crippen LogP contribution in [0.5, 0.6) is 5.75 Å². The van der Waals surface area contributed by atoms with Crippen LogP contribution in [0.1, 0.15) is 0 Å². The summed E-state index contributed by atoms with van der Waals surface area (Å²) in [6.45, 7) is 3.19. The Morgan fingerprint density at radius 2 is 1.70 bits per heavy atom. The number of carbonyl (C=O) groups is 1. The number of urea groups is 1. The summed E-state index contributed by atoms with van der Waals surface area (Å²) in [5.41, 5.74) is 0.0846. The predicted octanol–water partition coefficient (Wildman–Crippen LogP) is 4.03. The fourth-order valence-electron chi connectivity index (χ4n) is 3.01. The summed E-state index contributed by atoms with van der Waals surface area (Å²) >= 11 is 18.0. The highest BCUT2D eigenvalue weighted by Gasteiger charge is 2.25. The van der Waals surface area contributed by atoms with E-state index in [0.29, 0.717) is 32.8 Å². The van der Waals surface area contributed by atoms with Gasteiger partial charge in [-0.25, -0.2) is 17.9 Å². The zero-order valence-corrected chi connectivity index (χ0v) is 21.0. The molecule has 1 aliphatic heterocycles. The van der Waals surface area contributed by atoms with Gasteiger partial charge in [0, 0.05) is 26.2 Å². The predicted molar refractivity (Wildman–Crippen MR) is 132 cm³/mol. The van der Waals surface area contributed by atoms with Gasteiger partial charge in [0.2, 0.25) is 10.0 Å². The van der Waals surface area contributed by atoms with Gasteiger partial charge in [0.15, 0.2) is 5.75 Å². The van der Waals surface area contributed by atoms with Crippen molar-refractivity contribution in [2.24, 2.45) is 0 Å². The van der Waals surface area contributed by atoms with E-state index in [4.69, 9.17) is 39.5 Å². The Bertz CT molecular complexity index is 1100. The first-order chi connectivity index (χ1) is 15.2. The summed E-state index contributed by atoms with van der Waals surface area (Å²) in [6.07, 6.45) is 0. The normalized spacial score (nSPS) is 14.4. The number of sulfonamides is 1. The molecule has 1 heterocycles. The lowest BCUT2D eigenvalue weighted by Gasteiger charge is -2.26. The van der Waals surface area contributed by atoms with E-state index in [-0.39, 0.29) is 45.4 Å². The number of hydrogen-bond acceptors (Lipinski definition) is 6. The minimum atomic E-state index is -4.15. The lowest BCUT2D eigenvalue weighted by Crippen LogP contribution is -2.41. The number of halogens is 4. The number of anilines is 2. The highest BCUT2D eigenvalue weighted by molar-refractivity contribution is 7.89. The third kappa shape index (κ3) is 7.24. The number of ether oxygens (including phenoxy) is 1. The van der Waals surface area contributed by atoms with E-state index in [2.05, 4.69) is 20.3 Å². The first-order valence-corrected chi connectivity index (χ1v) is 12.1. The second-order valence-electron chi connectivity index (χ2n) is 6.80. The quantitative estimate of drug-likeness (QED) is 0.380. The molecule has 0 saturated carbocycles. The van der Waals surface area contributed by atoms with Crippen LogP contribution in [-0.2, 0) is 14.8 Å². The van der Waals surface area contributed by atoms with Crippen LogP contribution >= 0.6 is 47.2 Å². The van der Waals surface area contributed by atoms with Crippen LogP contribution in [0.3, 0.4) is 0 Å². The zero-order valence-electron chi connectivity index (χ0n) is 17.1. The number of benzene rings is 2. The molecule has 4 N–H and O–H groups in total. The lowest BCUT2D eigenvalue weighted by atomic mass is 10.3. The number of rotatable bonds is 7. The summed E-state index contributed by atoms with van der Waals surface area (Å²) in [6, 6.07) is 6.46. The van der Waals surface area contributed by atoms with Crippen molar-refractivity contribution in [3.05, 3.63) is 45.4 Å². The Morgan fingerprint density at radius 1 is 1.03 bits per heavy atom. The molecule has 2 aromatic rings. The zero-order chi connectivity index (χ0) is 23.3. The average molecular weight is 560 g/mol. The monoisotopic (exact) mass is 558 g/mol. The van der Waals surface area contributed by atoms with Crippen molar-refractivity contribution >= 4 is 74.6 Å². The second-order valence-corrected chi connectivity index (χ2v) is 9.70. The molecule has 9 nitrogen and oxygen atoms in total. The molecule has 0 radical (unpaired) electrons. The molecule has 1 aliphatic rings. The SMILES string of the molecule is Cl.O=C(Nc1ccc(Cl)c(S(=O)(=O)NCCN2CCOCC2)c1O)Nc1cccc(Cl)c1Cl. The van der Waals surface area contributed by atoms with Crippen LogP contribution in [-0.4, -0.2) is 63.8 Å². The number of morpholine rings is 1. The van der Waals surface area contributed by atoms with Gasteiger partial charge >= 0.3 is 6.03 Å². The molecule has 0 aliphatic carbocycles. The van der Waals surface area contributed by atoms with Crippen molar-refractivity contribution in [2.45, 2.75) is 4.90 Å². The minimum absolute atomic E-state index is 0. The van der Waals surface area contributed by atoms with E-state index < -0.39 is 26.7 Å². The van der Waals surface area contributed by atoms with Gasteiger partial charge in [-0.3, -0.25) is 4.90 Å². The third-order valence-corrected chi connectivity index (χ3v) is 7.40. The van der Waals surface area contributed by atoms with Crippen molar-refractivity contribution in [3.63, 3.8) is 0 Å². The van der Waals surface area contributed by atoms with Gasteiger partial charge in [0.1, 0.15) is 4.90 Å². The number of carbonyl (C=O) groups excluding carboxylic acids is 1. The molecule has 3 rings (SSSR count). The summed E-state index contributed by atoms with van der Waals surface area (Å²) in [5.74, 6) is -0.691.